The monoisotopic (exact) mass is 274 g/mol. The summed E-state index contributed by atoms with van der Waals surface area (Å²) in [6, 6.07) is 5.43. The van der Waals surface area contributed by atoms with Crippen molar-refractivity contribution >= 4 is 22.7 Å². The highest BCUT2D eigenvalue weighted by molar-refractivity contribution is 7.78. The van der Waals surface area contributed by atoms with Crippen molar-refractivity contribution in [2.24, 2.45) is 5.92 Å². The molecule has 4 unspecified atom stereocenters. The number of aliphatic hydroxyl groups excluding tert-OH is 1. The molecular weight excluding hydrogens is 260 g/mol. The second kappa shape index (κ2) is 5.06. The number of hydrogen-bond donors (Lipinski definition) is 2. The van der Waals surface area contributed by atoms with Crippen LogP contribution < -0.4 is 0 Å². The molecule has 0 heterocycles. The first-order chi connectivity index (χ1) is 7.99. The van der Waals surface area contributed by atoms with Crippen LogP contribution >= 0.6 is 11.6 Å². The van der Waals surface area contributed by atoms with Gasteiger partial charge in [0.05, 0.1) is 11.9 Å². The van der Waals surface area contributed by atoms with Crippen molar-refractivity contribution in [2.75, 3.05) is 0 Å². The third kappa shape index (κ3) is 3.07. The van der Waals surface area contributed by atoms with Crippen LogP contribution in [0.3, 0.4) is 0 Å². The Morgan fingerprint density at radius 1 is 1.59 bits per heavy atom. The van der Waals surface area contributed by atoms with E-state index in [9.17, 15) is 9.32 Å². The van der Waals surface area contributed by atoms with E-state index in [4.69, 9.17) is 16.2 Å². The predicted molar refractivity (Wildman–Crippen MR) is 68.5 cm³/mol. The van der Waals surface area contributed by atoms with Gasteiger partial charge in [0.2, 0.25) is 0 Å². The van der Waals surface area contributed by atoms with Crippen LogP contribution in [0.25, 0.3) is 0 Å². The number of hydrogen-bond acceptors (Lipinski definition) is 2. The van der Waals surface area contributed by atoms with E-state index in [0.29, 0.717) is 10.9 Å². The van der Waals surface area contributed by atoms with E-state index >= 15 is 0 Å². The van der Waals surface area contributed by atoms with E-state index < -0.39 is 11.1 Å². The molecule has 94 valence electrons. The third-order valence-electron chi connectivity index (χ3n) is 3.24. The van der Waals surface area contributed by atoms with Crippen molar-refractivity contribution in [1.29, 1.82) is 0 Å². The van der Waals surface area contributed by atoms with Gasteiger partial charge in [-0.25, -0.2) is 4.21 Å². The molecule has 0 saturated heterocycles. The molecule has 0 radical (unpaired) electrons. The van der Waals surface area contributed by atoms with E-state index in [1.165, 1.54) is 0 Å². The zero-order valence-electron chi connectivity index (χ0n) is 9.47. The molecule has 2 rings (SSSR count). The lowest BCUT2D eigenvalue weighted by Crippen LogP contribution is -2.05. The smallest absolute Gasteiger partial charge is 0.157 e. The zero-order chi connectivity index (χ0) is 12.6. The highest BCUT2D eigenvalue weighted by atomic mass is 35.5. The van der Waals surface area contributed by atoms with Crippen molar-refractivity contribution in [2.45, 2.75) is 31.1 Å². The fraction of sp³-hybridized carbons (Fsp3) is 0.500. The van der Waals surface area contributed by atoms with E-state index in [1.54, 1.807) is 19.1 Å². The summed E-state index contributed by atoms with van der Waals surface area (Å²) >= 11 is 4.03. The molecule has 0 bridgehead atoms. The van der Waals surface area contributed by atoms with Gasteiger partial charge in [-0.05, 0) is 48.4 Å². The Kier molecular flexibility index (Phi) is 3.88. The van der Waals surface area contributed by atoms with Crippen molar-refractivity contribution < 1.29 is 13.9 Å². The van der Waals surface area contributed by atoms with Gasteiger partial charge in [-0.15, -0.1) is 0 Å². The Labute approximate surface area is 108 Å². The number of rotatable bonds is 4. The molecule has 2 N–H and O–H groups in total. The molecule has 1 aromatic carbocycles. The second-order valence-electron chi connectivity index (χ2n) is 4.56. The van der Waals surface area contributed by atoms with E-state index in [0.717, 1.165) is 17.5 Å². The van der Waals surface area contributed by atoms with Gasteiger partial charge < -0.3 is 9.66 Å². The molecule has 0 aliphatic heterocycles. The normalized spacial score (nSPS) is 26.6. The Hall–Kier alpha value is -0.420. The van der Waals surface area contributed by atoms with Crippen molar-refractivity contribution in [1.82, 2.24) is 0 Å². The summed E-state index contributed by atoms with van der Waals surface area (Å²) in [5, 5.41) is 10.1. The quantitative estimate of drug-likeness (QED) is 0.830. The molecule has 4 atom stereocenters. The van der Waals surface area contributed by atoms with Gasteiger partial charge in [-0.1, -0.05) is 17.7 Å². The summed E-state index contributed by atoms with van der Waals surface area (Å²) in [7, 11) is 0. The van der Waals surface area contributed by atoms with Crippen LogP contribution in [0.15, 0.2) is 18.2 Å². The lowest BCUT2D eigenvalue weighted by atomic mass is 10.0. The molecule has 1 fully saturated rings. The topological polar surface area (TPSA) is 57.5 Å². The van der Waals surface area contributed by atoms with Crippen LogP contribution in [0.4, 0.5) is 0 Å². The van der Waals surface area contributed by atoms with E-state index in [1.807, 2.05) is 6.07 Å². The molecule has 5 heteroatoms. The highest BCUT2D eigenvalue weighted by Gasteiger charge is 2.42. The molecular formula is C12H15ClO3S. The maximum absolute atomic E-state index is 10.9. The standard InChI is InChI=1S/C12H15ClO3S/c1-7(14)11-5-12(11)10-3-2-9(13)4-8(10)6-17(15)16/h2-4,7,11-12,14H,5-6H2,1H3,(H,15,16). The first kappa shape index (κ1) is 13.0. The molecule has 0 spiro atoms. The molecule has 0 amide bonds. The van der Waals surface area contributed by atoms with Crippen LogP contribution in [0.2, 0.25) is 5.02 Å². The largest absolute Gasteiger partial charge is 0.393 e. The fourth-order valence-corrected chi connectivity index (χ4v) is 3.01. The van der Waals surface area contributed by atoms with Gasteiger partial charge in [0.1, 0.15) is 0 Å². The van der Waals surface area contributed by atoms with Gasteiger partial charge in [-0.2, -0.15) is 0 Å². The second-order valence-corrected chi connectivity index (χ2v) is 5.92. The molecule has 1 saturated carbocycles. The molecule has 3 nitrogen and oxygen atoms in total. The van der Waals surface area contributed by atoms with Crippen LogP contribution in [0, 0.1) is 5.92 Å². The Bertz CT molecular complexity index is 447. The van der Waals surface area contributed by atoms with Crippen LogP contribution in [0.1, 0.15) is 30.4 Å². The van der Waals surface area contributed by atoms with Crippen molar-refractivity contribution in [3.05, 3.63) is 34.3 Å². The van der Waals surface area contributed by atoms with Crippen LogP contribution in [-0.4, -0.2) is 20.0 Å². The first-order valence-corrected chi connectivity index (χ1v) is 7.18. The summed E-state index contributed by atoms with van der Waals surface area (Å²) in [6.45, 7) is 1.78. The number of aliphatic hydroxyl groups is 1. The lowest BCUT2D eigenvalue weighted by Gasteiger charge is -2.09. The summed E-state index contributed by atoms with van der Waals surface area (Å²) in [6.07, 6.45) is 0.604. The molecule has 1 aliphatic rings. The Balaban J connectivity index is 2.25. The lowest BCUT2D eigenvalue weighted by molar-refractivity contribution is 0.169. The SMILES string of the molecule is CC(O)C1CC1c1ccc(Cl)cc1CS(=O)O. The van der Waals surface area contributed by atoms with Crippen molar-refractivity contribution in [3.63, 3.8) is 0 Å². The number of benzene rings is 1. The summed E-state index contributed by atoms with van der Waals surface area (Å²) in [5.41, 5.74) is 1.86. The molecule has 1 aliphatic carbocycles. The molecule has 17 heavy (non-hydrogen) atoms. The maximum atomic E-state index is 10.9. The van der Waals surface area contributed by atoms with Crippen molar-refractivity contribution in [3.8, 4) is 0 Å². The summed E-state index contributed by atoms with van der Waals surface area (Å²) in [5.74, 6) is 0.659. The minimum Gasteiger partial charge on any atom is -0.393 e. The zero-order valence-corrected chi connectivity index (χ0v) is 11.0. The Morgan fingerprint density at radius 2 is 2.29 bits per heavy atom. The summed E-state index contributed by atoms with van der Waals surface area (Å²) < 4.78 is 19.9. The summed E-state index contributed by atoms with van der Waals surface area (Å²) in [4.78, 5) is 0. The molecule has 0 aromatic heterocycles. The van der Waals surface area contributed by atoms with Gasteiger partial charge in [0, 0.05) is 5.02 Å². The average molecular weight is 275 g/mol. The predicted octanol–water partition coefficient (Wildman–Crippen LogP) is 2.55. The van der Waals surface area contributed by atoms with Crippen LogP contribution in [-0.2, 0) is 16.8 Å². The minimum absolute atomic E-state index is 0.0962. The van der Waals surface area contributed by atoms with Gasteiger partial charge in [0.15, 0.2) is 11.1 Å². The van der Waals surface area contributed by atoms with E-state index in [-0.39, 0.29) is 17.8 Å². The van der Waals surface area contributed by atoms with E-state index in [2.05, 4.69) is 0 Å². The molecule has 1 aromatic rings. The Morgan fingerprint density at radius 3 is 2.82 bits per heavy atom. The first-order valence-electron chi connectivity index (χ1n) is 5.53. The number of halogens is 1. The maximum Gasteiger partial charge on any atom is 0.157 e. The third-order valence-corrected chi connectivity index (χ3v) is 4.04. The van der Waals surface area contributed by atoms with Gasteiger partial charge in [-0.3, -0.25) is 0 Å². The average Bonchev–Trinajstić information content (AvgIpc) is 2.96. The van der Waals surface area contributed by atoms with Gasteiger partial charge >= 0.3 is 0 Å². The minimum atomic E-state index is -1.87. The van der Waals surface area contributed by atoms with Gasteiger partial charge in [0.25, 0.3) is 0 Å². The van der Waals surface area contributed by atoms with Crippen LogP contribution in [0.5, 0.6) is 0 Å². The fourth-order valence-electron chi connectivity index (χ4n) is 2.30. The highest BCUT2D eigenvalue weighted by Crippen LogP contribution is 2.50.